The SMILES string of the molecule is COc1ccc(Cl)cc1C(=O)Nc1cnc(N2CCN(c3ccccc3)CC2)nc1. The molecule has 3 aromatic rings. The number of ether oxygens (including phenoxy) is 1. The van der Waals surface area contributed by atoms with Gasteiger partial charge in [0.2, 0.25) is 5.95 Å². The first-order valence-electron chi connectivity index (χ1n) is 9.66. The van der Waals surface area contributed by atoms with Crippen molar-refractivity contribution in [3.05, 3.63) is 71.5 Å². The molecule has 1 aliphatic heterocycles. The maximum absolute atomic E-state index is 12.6. The summed E-state index contributed by atoms with van der Waals surface area (Å²) in [6.45, 7) is 3.47. The van der Waals surface area contributed by atoms with Gasteiger partial charge in [-0.05, 0) is 30.3 Å². The number of amides is 1. The largest absolute Gasteiger partial charge is 0.496 e. The Morgan fingerprint density at radius 3 is 2.33 bits per heavy atom. The van der Waals surface area contributed by atoms with E-state index in [1.165, 1.54) is 12.8 Å². The molecule has 0 atom stereocenters. The normalized spacial score (nSPS) is 13.8. The molecular formula is C22H22ClN5O2. The summed E-state index contributed by atoms with van der Waals surface area (Å²) in [7, 11) is 1.51. The third kappa shape index (κ3) is 4.46. The minimum Gasteiger partial charge on any atom is -0.496 e. The van der Waals surface area contributed by atoms with Gasteiger partial charge in [0.25, 0.3) is 5.91 Å². The van der Waals surface area contributed by atoms with E-state index in [1.807, 2.05) is 6.07 Å². The average molecular weight is 424 g/mol. The highest BCUT2D eigenvalue weighted by atomic mass is 35.5. The van der Waals surface area contributed by atoms with Crippen LogP contribution < -0.4 is 19.9 Å². The van der Waals surface area contributed by atoms with E-state index in [-0.39, 0.29) is 5.91 Å². The molecule has 0 aliphatic carbocycles. The molecule has 1 amide bonds. The molecule has 0 unspecified atom stereocenters. The number of para-hydroxylation sites is 1. The maximum Gasteiger partial charge on any atom is 0.259 e. The molecular weight excluding hydrogens is 402 g/mol. The van der Waals surface area contributed by atoms with Gasteiger partial charge < -0.3 is 19.9 Å². The number of hydrogen-bond donors (Lipinski definition) is 1. The minimum atomic E-state index is -0.331. The number of rotatable bonds is 5. The summed E-state index contributed by atoms with van der Waals surface area (Å²) in [5.74, 6) is 0.772. The van der Waals surface area contributed by atoms with Gasteiger partial charge in [-0.2, -0.15) is 0 Å². The Labute approximate surface area is 180 Å². The van der Waals surface area contributed by atoms with Gasteiger partial charge in [0, 0.05) is 36.9 Å². The van der Waals surface area contributed by atoms with Crippen LogP contribution in [0.15, 0.2) is 60.9 Å². The van der Waals surface area contributed by atoms with Crippen molar-refractivity contribution < 1.29 is 9.53 Å². The smallest absolute Gasteiger partial charge is 0.259 e. The van der Waals surface area contributed by atoms with E-state index in [1.54, 1.807) is 30.6 Å². The molecule has 7 nitrogen and oxygen atoms in total. The lowest BCUT2D eigenvalue weighted by atomic mass is 10.2. The summed E-state index contributed by atoms with van der Waals surface area (Å²) in [4.78, 5) is 25.9. The van der Waals surface area contributed by atoms with Crippen LogP contribution in [0.25, 0.3) is 0 Å². The third-order valence-corrected chi connectivity index (χ3v) is 5.22. The topological polar surface area (TPSA) is 70.6 Å². The Morgan fingerprint density at radius 2 is 1.67 bits per heavy atom. The van der Waals surface area contributed by atoms with E-state index >= 15 is 0 Å². The first kappa shape index (κ1) is 20.0. The quantitative estimate of drug-likeness (QED) is 0.674. The number of nitrogens with zero attached hydrogens (tertiary/aromatic N) is 4. The van der Waals surface area contributed by atoms with Crippen LogP contribution >= 0.6 is 11.6 Å². The van der Waals surface area contributed by atoms with Crippen LogP contribution in [0.5, 0.6) is 5.75 Å². The molecule has 8 heteroatoms. The number of halogens is 1. The molecule has 1 aromatic heterocycles. The van der Waals surface area contributed by atoms with Gasteiger partial charge in [-0.1, -0.05) is 29.8 Å². The molecule has 30 heavy (non-hydrogen) atoms. The summed E-state index contributed by atoms with van der Waals surface area (Å²) >= 11 is 6.01. The highest BCUT2D eigenvalue weighted by Gasteiger charge is 2.19. The van der Waals surface area contributed by atoms with Gasteiger partial charge >= 0.3 is 0 Å². The summed E-state index contributed by atoms with van der Waals surface area (Å²) in [5.41, 5.74) is 2.09. The molecule has 1 fully saturated rings. The monoisotopic (exact) mass is 423 g/mol. The third-order valence-electron chi connectivity index (χ3n) is 4.99. The van der Waals surface area contributed by atoms with Crippen molar-refractivity contribution in [2.24, 2.45) is 0 Å². The van der Waals surface area contributed by atoms with Gasteiger partial charge in [0.15, 0.2) is 0 Å². The number of nitrogens with one attached hydrogen (secondary N) is 1. The second-order valence-electron chi connectivity index (χ2n) is 6.88. The van der Waals surface area contributed by atoms with Gasteiger partial charge in [0.05, 0.1) is 30.8 Å². The van der Waals surface area contributed by atoms with Crippen LogP contribution in [-0.2, 0) is 0 Å². The number of carbonyl (C=O) groups is 1. The number of piperazine rings is 1. The standard InChI is InChI=1S/C22H22ClN5O2/c1-30-20-8-7-16(23)13-19(20)21(29)26-17-14-24-22(25-15-17)28-11-9-27(10-12-28)18-5-3-2-4-6-18/h2-8,13-15H,9-12H2,1H3,(H,26,29). The molecule has 1 saturated heterocycles. The zero-order valence-electron chi connectivity index (χ0n) is 16.6. The molecule has 2 aromatic carbocycles. The molecule has 0 saturated carbocycles. The first-order chi connectivity index (χ1) is 14.6. The Morgan fingerprint density at radius 1 is 1.00 bits per heavy atom. The highest BCUT2D eigenvalue weighted by molar-refractivity contribution is 6.31. The van der Waals surface area contributed by atoms with Gasteiger partial charge in [-0.3, -0.25) is 4.79 Å². The summed E-state index contributed by atoms with van der Waals surface area (Å²) < 4.78 is 5.24. The predicted molar refractivity (Wildman–Crippen MR) is 119 cm³/mol. The van der Waals surface area contributed by atoms with E-state index in [0.717, 1.165) is 26.2 Å². The lowest BCUT2D eigenvalue weighted by Gasteiger charge is -2.36. The van der Waals surface area contributed by atoms with Gasteiger partial charge in [0.1, 0.15) is 5.75 Å². The van der Waals surface area contributed by atoms with E-state index in [2.05, 4.69) is 49.4 Å². The van der Waals surface area contributed by atoms with E-state index in [0.29, 0.717) is 28.0 Å². The number of benzene rings is 2. The number of carbonyl (C=O) groups excluding carboxylic acids is 1. The van der Waals surface area contributed by atoms with Crippen molar-refractivity contribution in [1.82, 2.24) is 9.97 Å². The van der Waals surface area contributed by atoms with Crippen LogP contribution in [0, 0.1) is 0 Å². The number of hydrogen-bond acceptors (Lipinski definition) is 6. The summed E-state index contributed by atoms with van der Waals surface area (Å²) in [6, 6.07) is 15.3. The summed E-state index contributed by atoms with van der Waals surface area (Å²) in [5, 5.41) is 3.25. The second kappa shape index (κ2) is 9.00. The number of methoxy groups -OCH3 is 1. The second-order valence-corrected chi connectivity index (χ2v) is 7.32. The van der Waals surface area contributed by atoms with Crippen LogP contribution in [0.1, 0.15) is 10.4 Å². The van der Waals surface area contributed by atoms with Crippen molar-refractivity contribution in [3.8, 4) is 5.75 Å². The molecule has 1 aliphatic rings. The van der Waals surface area contributed by atoms with E-state index in [4.69, 9.17) is 16.3 Å². The van der Waals surface area contributed by atoms with E-state index < -0.39 is 0 Å². The van der Waals surface area contributed by atoms with Gasteiger partial charge in [-0.25, -0.2) is 9.97 Å². The van der Waals surface area contributed by atoms with Crippen LogP contribution in [0.4, 0.5) is 17.3 Å². The maximum atomic E-state index is 12.6. The molecule has 4 rings (SSSR count). The molecule has 2 heterocycles. The Kier molecular flexibility index (Phi) is 5.99. The number of anilines is 3. The van der Waals surface area contributed by atoms with Crippen LogP contribution in [0.2, 0.25) is 5.02 Å². The van der Waals surface area contributed by atoms with Crippen molar-refractivity contribution in [2.75, 3.05) is 48.4 Å². The fourth-order valence-corrected chi connectivity index (χ4v) is 3.58. The summed E-state index contributed by atoms with van der Waals surface area (Å²) in [6.07, 6.45) is 3.22. The van der Waals surface area contributed by atoms with Crippen molar-refractivity contribution >= 4 is 34.8 Å². The zero-order valence-corrected chi connectivity index (χ0v) is 17.3. The predicted octanol–water partition coefficient (Wildman–Crippen LogP) is 3.72. The lowest BCUT2D eigenvalue weighted by molar-refractivity contribution is 0.102. The fraction of sp³-hybridized carbons (Fsp3) is 0.227. The molecule has 1 N–H and O–H groups in total. The minimum absolute atomic E-state index is 0.331. The molecule has 0 bridgehead atoms. The number of aromatic nitrogens is 2. The van der Waals surface area contributed by atoms with Crippen molar-refractivity contribution in [2.45, 2.75) is 0 Å². The Balaban J connectivity index is 1.38. The van der Waals surface area contributed by atoms with Crippen LogP contribution in [0.3, 0.4) is 0 Å². The average Bonchev–Trinajstić information content (AvgIpc) is 2.80. The van der Waals surface area contributed by atoms with Crippen molar-refractivity contribution in [3.63, 3.8) is 0 Å². The molecule has 0 spiro atoms. The lowest BCUT2D eigenvalue weighted by Crippen LogP contribution is -2.47. The van der Waals surface area contributed by atoms with Gasteiger partial charge in [-0.15, -0.1) is 0 Å². The zero-order chi connectivity index (χ0) is 20.9. The Bertz CT molecular complexity index is 1010. The highest BCUT2D eigenvalue weighted by Crippen LogP contribution is 2.24. The van der Waals surface area contributed by atoms with Crippen molar-refractivity contribution in [1.29, 1.82) is 0 Å². The molecule has 154 valence electrons. The van der Waals surface area contributed by atoms with E-state index in [9.17, 15) is 4.79 Å². The molecule has 0 radical (unpaired) electrons. The van der Waals surface area contributed by atoms with Crippen LogP contribution in [-0.4, -0.2) is 49.2 Å². The first-order valence-corrected chi connectivity index (χ1v) is 10.0. The fourth-order valence-electron chi connectivity index (χ4n) is 3.41. The Hall–Kier alpha value is -3.32.